The van der Waals surface area contributed by atoms with Crippen LogP contribution in [-0.4, -0.2) is 5.11 Å². The second-order valence-electron chi connectivity index (χ2n) is 1.93. The van der Waals surface area contributed by atoms with Gasteiger partial charge in [-0.1, -0.05) is 6.92 Å². The monoisotopic (exact) mass is 140 g/mol. The number of hydrogen-bond acceptors (Lipinski definition) is 3. The molecule has 1 heterocycles. The van der Waals surface area contributed by atoms with Crippen LogP contribution in [-0.2, 0) is 6.42 Å². The van der Waals surface area contributed by atoms with E-state index in [1.165, 1.54) is 6.07 Å². The van der Waals surface area contributed by atoms with Gasteiger partial charge in [-0.05, 0) is 12.1 Å². The molecule has 0 unspecified atom stereocenters. The van der Waals surface area contributed by atoms with E-state index in [1.807, 2.05) is 6.92 Å². The molecule has 54 valence electrons. The van der Waals surface area contributed by atoms with Crippen LogP contribution in [0.5, 0.6) is 5.75 Å². The van der Waals surface area contributed by atoms with Gasteiger partial charge in [-0.15, -0.1) is 0 Å². The zero-order valence-corrected chi connectivity index (χ0v) is 5.63. The standard InChI is InChI=1S/C7H8O3/c1-2-5-3-4-6(8)7(9)10-5/h3-4,8H,2H2,1H3. The van der Waals surface area contributed by atoms with Gasteiger partial charge < -0.3 is 9.52 Å². The molecule has 0 bridgehead atoms. The second kappa shape index (κ2) is 2.56. The average molecular weight is 140 g/mol. The van der Waals surface area contributed by atoms with Crippen molar-refractivity contribution in [2.24, 2.45) is 0 Å². The maximum atomic E-state index is 10.6. The van der Waals surface area contributed by atoms with Crippen LogP contribution in [0, 0.1) is 0 Å². The zero-order chi connectivity index (χ0) is 7.56. The third-order valence-corrected chi connectivity index (χ3v) is 1.21. The summed E-state index contributed by atoms with van der Waals surface area (Å²) < 4.78 is 4.65. The van der Waals surface area contributed by atoms with Crippen LogP contribution in [0.4, 0.5) is 0 Å². The summed E-state index contributed by atoms with van der Waals surface area (Å²) in [5.41, 5.74) is -0.667. The average Bonchev–Trinajstić information content (AvgIpc) is 1.95. The highest BCUT2D eigenvalue weighted by molar-refractivity contribution is 5.14. The Balaban J connectivity index is 3.17. The molecule has 1 aromatic heterocycles. The normalized spacial score (nSPS) is 9.70. The van der Waals surface area contributed by atoms with Crippen molar-refractivity contribution in [3.05, 3.63) is 28.3 Å². The summed E-state index contributed by atoms with van der Waals surface area (Å²) in [7, 11) is 0. The Bertz CT molecular complexity index is 274. The minimum absolute atomic E-state index is 0.336. The fourth-order valence-electron chi connectivity index (χ4n) is 0.635. The van der Waals surface area contributed by atoms with Crippen molar-refractivity contribution >= 4 is 0 Å². The zero-order valence-electron chi connectivity index (χ0n) is 5.63. The first-order valence-corrected chi connectivity index (χ1v) is 3.06. The fraction of sp³-hybridized carbons (Fsp3) is 0.286. The lowest BCUT2D eigenvalue weighted by Gasteiger charge is -1.92. The van der Waals surface area contributed by atoms with Crippen molar-refractivity contribution in [3.8, 4) is 5.75 Å². The first-order chi connectivity index (χ1) is 4.74. The molecular weight excluding hydrogens is 132 g/mol. The summed E-state index contributed by atoms with van der Waals surface area (Å²) in [6.45, 7) is 1.87. The molecule has 0 aliphatic carbocycles. The molecule has 0 saturated heterocycles. The molecule has 10 heavy (non-hydrogen) atoms. The van der Waals surface area contributed by atoms with Gasteiger partial charge in [0, 0.05) is 6.42 Å². The Kier molecular flexibility index (Phi) is 1.76. The van der Waals surface area contributed by atoms with E-state index >= 15 is 0 Å². The lowest BCUT2D eigenvalue weighted by molar-refractivity contribution is 0.394. The van der Waals surface area contributed by atoms with E-state index in [2.05, 4.69) is 4.42 Å². The minimum atomic E-state index is -0.667. The summed E-state index contributed by atoms with van der Waals surface area (Å²) in [6.07, 6.45) is 0.662. The van der Waals surface area contributed by atoms with Crippen LogP contribution in [0.25, 0.3) is 0 Å². The SMILES string of the molecule is CCc1ccc(O)c(=O)o1. The maximum Gasteiger partial charge on any atom is 0.378 e. The second-order valence-corrected chi connectivity index (χ2v) is 1.93. The summed E-state index contributed by atoms with van der Waals surface area (Å²) in [5.74, 6) is 0.250. The number of hydrogen-bond donors (Lipinski definition) is 1. The van der Waals surface area contributed by atoms with Crippen LogP contribution in [0.3, 0.4) is 0 Å². The van der Waals surface area contributed by atoms with E-state index in [0.29, 0.717) is 12.2 Å². The van der Waals surface area contributed by atoms with Crippen LogP contribution in [0.1, 0.15) is 12.7 Å². The molecule has 0 aliphatic heterocycles. The number of aryl methyl sites for hydroxylation is 1. The van der Waals surface area contributed by atoms with Crippen molar-refractivity contribution < 1.29 is 9.52 Å². The molecular formula is C7H8O3. The highest BCUT2D eigenvalue weighted by Crippen LogP contribution is 2.02. The third kappa shape index (κ3) is 1.18. The predicted molar refractivity (Wildman–Crippen MR) is 36.0 cm³/mol. The molecule has 0 amide bonds. The molecule has 1 rings (SSSR count). The first-order valence-electron chi connectivity index (χ1n) is 3.06. The molecule has 0 aromatic carbocycles. The minimum Gasteiger partial charge on any atom is -0.502 e. The van der Waals surface area contributed by atoms with Gasteiger partial charge in [0.05, 0.1) is 0 Å². The Morgan fingerprint density at radius 3 is 2.80 bits per heavy atom. The predicted octanol–water partition coefficient (Wildman–Crippen LogP) is 0.908. The Labute approximate surface area is 57.9 Å². The molecule has 3 heteroatoms. The van der Waals surface area contributed by atoms with Gasteiger partial charge in [0.2, 0.25) is 5.75 Å². The van der Waals surface area contributed by atoms with Crippen LogP contribution in [0.2, 0.25) is 0 Å². The maximum absolute atomic E-state index is 10.6. The molecule has 0 fully saturated rings. The van der Waals surface area contributed by atoms with Crippen molar-refractivity contribution in [2.45, 2.75) is 13.3 Å². The number of aromatic hydroxyl groups is 1. The van der Waals surface area contributed by atoms with E-state index < -0.39 is 5.63 Å². The van der Waals surface area contributed by atoms with Crippen molar-refractivity contribution in [1.29, 1.82) is 0 Å². The van der Waals surface area contributed by atoms with Gasteiger partial charge >= 0.3 is 5.63 Å². The molecule has 0 aliphatic rings. The van der Waals surface area contributed by atoms with Gasteiger partial charge in [0.25, 0.3) is 0 Å². The van der Waals surface area contributed by atoms with E-state index in [4.69, 9.17) is 5.11 Å². The molecule has 1 N–H and O–H groups in total. The smallest absolute Gasteiger partial charge is 0.378 e. The molecule has 0 atom stereocenters. The van der Waals surface area contributed by atoms with Gasteiger partial charge in [-0.3, -0.25) is 0 Å². The van der Waals surface area contributed by atoms with Gasteiger partial charge in [0.15, 0.2) is 0 Å². The topological polar surface area (TPSA) is 50.4 Å². The Morgan fingerprint density at radius 1 is 1.60 bits per heavy atom. The highest BCUT2D eigenvalue weighted by atomic mass is 16.4. The van der Waals surface area contributed by atoms with Gasteiger partial charge in [-0.25, -0.2) is 4.79 Å². The number of rotatable bonds is 1. The summed E-state index contributed by atoms with van der Waals surface area (Å²) in [4.78, 5) is 10.6. The summed E-state index contributed by atoms with van der Waals surface area (Å²) >= 11 is 0. The van der Waals surface area contributed by atoms with E-state index in [-0.39, 0.29) is 5.75 Å². The van der Waals surface area contributed by atoms with Gasteiger partial charge in [-0.2, -0.15) is 0 Å². The van der Waals surface area contributed by atoms with E-state index in [0.717, 1.165) is 0 Å². The Hall–Kier alpha value is -1.25. The lowest BCUT2D eigenvalue weighted by Crippen LogP contribution is -1.98. The van der Waals surface area contributed by atoms with Crippen molar-refractivity contribution in [2.75, 3.05) is 0 Å². The quantitative estimate of drug-likeness (QED) is 0.630. The molecule has 0 spiro atoms. The molecule has 3 nitrogen and oxygen atoms in total. The Morgan fingerprint density at radius 2 is 2.30 bits per heavy atom. The van der Waals surface area contributed by atoms with E-state index in [9.17, 15) is 4.79 Å². The molecule has 0 radical (unpaired) electrons. The molecule has 0 saturated carbocycles. The highest BCUT2D eigenvalue weighted by Gasteiger charge is 1.97. The van der Waals surface area contributed by atoms with Crippen molar-refractivity contribution in [1.82, 2.24) is 0 Å². The summed E-state index contributed by atoms with van der Waals surface area (Å²) in [5, 5.41) is 8.73. The van der Waals surface area contributed by atoms with Crippen LogP contribution < -0.4 is 5.63 Å². The van der Waals surface area contributed by atoms with Crippen molar-refractivity contribution in [3.63, 3.8) is 0 Å². The molecule has 1 aromatic rings. The lowest BCUT2D eigenvalue weighted by atomic mass is 10.3. The first kappa shape index (κ1) is 6.86. The third-order valence-electron chi connectivity index (χ3n) is 1.21. The van der Waals surface area contributed by atoms with Crippen LogP contribution in [0.15, 0.2) is 21.3 Å². The fourth-order valence-corrected chi connectivity index (χ4v) is 0.635. The largest absolute Gasteiger partial charge is 0.502 e. The van der Waals surface area contributed by atoms with Crippen LogP contribution >= 0.6 is 0 Å². The summed E-state index contributed by atoms with van der Waals surface area (Å²) in [6, 6.07) is 2.92. The van der Waals surface area contributed by atoms with E-state index in [1.54, 1.807) is 6.07 Å². The van der Waals surface area contributed by atoms with Gasteiger partial charge in [0.1, 0.15) is 5.76 Å².